The summed E-state index contributed by atoms with van der Waals surface area (Å²) in [6.07, 6.45) is 5.93. The highest BCUT2D eigenvalue weighted by atomic mass is 32.2. The summed E-state index contributed by atoms with van der Waals surface area (Å²) in [5.74, 6) is 1.69. The van der Waals surface area contributed by atoms with Crippen molar-refractivity contribution in [3.63, 3.8) is 0 Å². The summed E-state index contributed by atoms with van der Waals surface area (Å²) < 4.78 is 24.8. The van der Waals surface area contributed by atoms with Crippen molar-refractivity contribution in [3.05, 3.63) is 30.3 Å². The van der Waals surface area contributed by atoms with Crippen LogP contribution in [0.5, 0.6) is 0 Å². The molecule has 100 valence electrons. The molecule has 19 heavy (non-hydrogen) atoms. The van der Waals surface area contributed by atoms with Crippen molar-refractivity contribution in [2.45, 2.75) is 23.0 Å². The van der Waals surface area contributed by atoms with Crippen LogP contribution in [0, 0.1) is 12.3 Å². The second-order valence-electron chi connectivity index (χ2n) is 4.49. The second kappa shape index (κ2) is 5.45. The largest absolute Gasteiger partial charge is 0.332 e. The highest BCUT2D eigenvalue weighted by Gasteiger charge is 2.32. The third-order valence-corrected chi connectivity index (χ3v) is 5.64. The maximum atomic E-state index is 12.4. The normalized spacial score (nSPS) is 16.9. The number of nitrogens with zero attached hydrogens (tertiary/aromatic N) is 1. The Labute approximate surface area is 113 Å². The average molecular weight is 277 g/mol. The van der Waals surface area contributed by atoms with Crippen molar-refractivity contribution >= 4 is 15.7 Å². The maximum absolute atomic E-state index is 12.4. The summed E-state index contributed by atoms with van der Waals surface area (Å²) in [5, 5.41) is -0.434. The monoisotopic (exact) mass is 277 g/mol. The molecule has 5 heteroatoms. The Morgan fingerprint density at radius 3 is 2.32 bits per heavy atom. The van der Waals surface area contributed by atoms with Crippen molar-refractivity contribution in [3.8, 4) is 12.3 Å². The topological polar surface area (TPSA) is 54.5 Å². The predicted molar refractivity (Wildman–Crippen MR) is 72.1 cm³/mol. The number of terminal acetylenes is 1. The lowest BCUT2D eigenvalue weighted by atomic mass is 10.1. The quantitative estimate of drug-likeness (QED) is 0.760. The first-order valence-corrected chi connectivity index (χ1v) is 7.65. The summed E-state index contributed by atoms with van der Waals surface area (Å²) in [4.78, 5) is 13.2. The molecule has 0 atom stereocenters. The number of carbonyl (C=O) groups is 1. The van der Waals surface area contributed by atoms with E-state index >= 15 is 0 Å². The van der Waals surface area contributed by atoms with Gasteiger partial charge in [0.2, 0.25) is 0 Å². The van der Waals surface area contributed by atoms with Gasteiger partial charge in [-0.2, -0.15) is 0 Å². The minimum absolute atomic E-state index is 0.344. The fourth-order valence-corrected chi connectivity index (χ4v) is 4.02. The van der Waals surface area contributed by atoms with Crippen LogP contribution in [0.1, 0.15) is 12.8 Å². The van der Waals surface area contributed by atoms with Gasteiger partial charge in [-0.1, -0.05) is 18.2 Å². The zero-order valence-electron chi connectivity index (χ0n) is 10.5. The zero-order chi connectivity index (χ0) is 13.9. The Kier molecular flexibility index (Phi) is 3.91. The number of sulfone groups is 1. The standard InChI is InChI=1S/C14H15NO3S/c1-2-14(16)15-10-8-13(9-11-15)19(17,18)12-6-4-3-5-7-12/h1,3-7,13H,8-11H2. The van der Waals surface area contributed by atoms with Crippen molar-refractivity contribution in [1.29, 1.82) is 0 Å². The molecule has 0 N–H and O–H groups in total. The summed E-state index contributed by atoms with van der Waals surface area (Å²) >= 11 is 0. The molecule has 1 aromatic rings. The minimum atomic E-state index is -3.31. The molecule has 2 rings (SSSR count). The molecule has 1 amide bonds. The van der Waals surface area contributed by atoms with Crippen LogP contribution in [0.3, 0.4) is 0 Å². The third-order valence-electron chi connectivity index (χ3n) is 3.36. The van der Waals surface area contributed by atoms with Gasteiger partial charge in [0.15, 0.2) is 9.84 Å². The van der Waals surface area contributed by atoms with E-state index in [2.05, 4.69) is 5.92 Å². The van der Waals surface area contributed by atoms with Crippen LogP contribution in [-0.2, 0) is 14.6 Å². The van der Waals surface area contributed by atoms with Crippen LogP contribution in [0.4, 0.5) is 0 Å². The summed E-state index contributed by atoms with van der Waals surface area (Å²) in [7, 11) is -3.31. The first-order valence-electron chi connectivity index (χ1n) is 6.10. The van der Waals surface area contributed by atoms with E-state index in [0.717, 1.165) is 0 Å². The van der Waals surface area contributed by atoms with Gasteiger partial charge in [0, 0.05) is 13.1 Å². The van der Waals surface area contributed by atoms with E-state index in [4.69, 9.17) is 6.42 Å². The number of likely N-dealkylation sites (tertiary alicyclic amines) is 1. The van der Waals surface area contributed by atoms with E-state index in [0.29, 0.717) is 30.8 Å². The summed E-state index contributed by atoms with van der Waals surface area (Å²) in [5.41, 5.74) is 0. The van der Waals surface area contributed by atoms with Crippen LogP contribution in [-0.4, -0.2) is 37.6 Å². The molecule has 1 aliphatic heterocycles. The van der Waals surface area contributed by atoms with Crippen LogP contribution in [0.2, 0.25) is 0 Å². The van der Waals surface area contributed by atoms with Crippen LogP contribution in [0.25, 0.3) is 0 Å². The van der Waals surface area contributed by atoms with Crippen molar-refractivity contribution in [2.24, 2.45) is 0 Å². The molecule has 0 bridgehead atoms. The van der Waals surface area contributed by atoms with Gasteiger partial charge in [-0.15, -0.1) is 6.42 Å². The molecule has 0 spiro atoms. The van der Waals surface area contributed by atoms with Crippen molar-refractivity contribution in [1.82, 2.24) is 4.90 Å². The SMILES string of the molecule is C#CC(=O)N1CCC(S(=O)(=O)c2ccccc2)CC1. The molecule has 1 aromatic carbocycles. The van der Waals surface area contributed by atoms with Gasteiger partial charge in [-0.25, -0.2) is 8.42 Å². The average Bonchev–Trinajstić information content (AvgIpc) is 2.47. The first-order chi connectivity index (χ1) is 9.05. The van der Waals surface area contributed by atoms with E-state index in [1.54, 1.807) is 30.3 Å². The Morgan fingerprint density at radius 1 is 1.21 bits per heavy atom. The third kappa shape index (κ3) is 2.79. The van der Waals surface area contributed by atoms with Gasteiger partial charge in [-0.05, 0) is 30.9 Å². The van der Waals surface area contributed by atoms with E-state index in [9.17, 15) is 13.2 Å². The van der Waals surface area contributed by atoms with E-state index in [-0.39, 0.29) is 5.91 Å². The lowest BCUT2D eigenvalue weighted by Gasteiger charge is -2.30. The van der Waals surface area contributed by atoms with Gasteiger partial charge in [0.05, 0.1) is 10.1 Å². The minimum Gasteiger partial charge on any atom is -0.332 e. The lowest BCUT2D eigenvalue weighted by Crippen LogP contribution is -2.42. The molecule has 0 unspecified atom stereocenters. The zero-order valence-corrected chi connectivity index (χ0v) is 11.3. The van der Waals surface area contributed by atoms with Crippen molar-refractivity contribution in [2.75, 3.05) is 13.1 Å². The molecule has 0 saturated carbocycles. The number of amides is 1. The Hall–Kier alpha value is -1.80. The number of carbonyl (C=O) groups excluding carboxylic acids is 1. The Balaban J connectivity index is 2.10. The van der Waals surface area contributed by atoms with E-state index < -0.39 is 15.1 Å². The molecule has 0 aliphatic carbocycles. The lowest BCUT2D eigenvalue weighted by molar-refractivity contribution is -0.125. The van der Waals surface area contributed by atoms with Crippen molar-refractivity contribution < 1.29 is 13.2 Å². The number of rotatable bonds is 2. The van der Waals surface area contributed by atoms with Crippen LogP contribution < -0.4 is 0 Å². The first kappa shape index (κ1) is 13.6. The molecule has 0 aromatic heterocycles. The van der Waals surface area contributed by atoms with Gasteiger partial charge < -0.3 is 4.90 Å². The van der Waals surface area contributed by atoms with Crippen LogP contribution >= 0.6 is 0 Å². The summed E-state index contributed by atoms with van der Waals surface area (Å²) in [6.45, 7) is 0.805. The van der Waals surface area contributed by atoms with Crippen LogP contribution in [0.15, 0.2) is 35.2 Å². The number of piperidine rings is 1. The maximum Gasteiger partial charge on any atom is 0.298 e. The number of hydrogen-bond acceptors (Lipinski definition) is 3. The fourth-order valence-electron chi connectivity index (χ4n) is 2.26. The molecule has 1 fully saturated rings. The summed E-state index contributed by atoms with van der Waals surface area (Å²) in [6, 6.07) is 8.42. The molecule has 1 saturated heterocycles. The Bertz CT molecular complexity index is 593. The molecular formula is C14H15NO3S. The Morgan fingerprint density at radius 2 is 1.79 bits per heavy atom. The van der Waals surface area contributed by atoms with Gasteiger partial charge in [0.1, 0.15) is 0 Å². The highest BCUT2D eigenvalue weighted by molar-refractivity contribution is 7.92. The van der Waals surface area contributed by atoms with Gasteiger partial charge in [-0.3, -0.25) is 4.79 Å². The number of benzene rings is 1. The molecule has 1 heterocycles. The number of hydrogen-bond donors (Lipinski definition) is 0. The molecular weight excluding hydrogens is 262 g/mol. The van der Waals surface area contributed by atoms with Gasteiger partial charge >= 0.3 is 0 Å². The second-order valence-corrected chi connectivity index (χ2v) is 6.72. The molecule has 4 nitrogen and oxygen atoms in total. The molecule has 0 radical (unpaired) electrons. The smallest absolute Gasteiger partial charge is 0.298 e. The van der Waals surface area contributed by atoms with E-state index in [1.807, 2.05) is 0 Å². The fraction of sp³-hybridized carbons (Fsp3) is 0.357. The van der Waals surface area contributed by atoms with E-state index in [1.165, 1.54) is 4.90 Å². The van der Waals surface area contributed by atoms with Gasteiger partial charge in [0.25, 0.3) is 5.91 Å². The molecule has 1 aliphatic rings. The predicted octanol–water partition coefficient (Wildman–Crippen LogP) is 1.08. The highest BCUT2D eigenvalue weighted by Crippen LogP contribution is 2.24.